The van der Waals surface area contributed by atoms with Crippen LogP contribution in [0.25, 0.3) is 5.65 Å². The van der Waals surface area contributed by atoms with Gasteiger partial charge >= 0.3 is 6.09 Å². The van der Waals surface area contributed by atoms with Crippen LogP contribution in [-0.4, -0.2) is 56.7 Å². The molecular formula is C18H25N5O3. The average Bonchev–Trinajstić information content (AvgIpc) is 3.06. The second-order valence-electron chi connectivity index (χ2n) is 7.63. The molecule has 0 aliphatic carbocycles. The zero-order chi connectivity index (χ0) is 18.7. The van der Waals surface area contributed by atoms with Crippen LogP contribution in [0.5, 0.6) is 0 Å². The van der Waals surface area contributed by atoms with Gasteiger partial charge in [0, 0.05) is 25.8 Å². The first kappa shape index (κ1) is 18.2. The molecule has 3 rings (SSSR count). The lowest BCUT2D eigenvalue weighted by Gasteiger charge is -2.32. The fourth-order valence-corrected chi connectivity index (χ4v) is 3.02. The third-order valence-electron chi connectivity index (χ3n) is 4.37. The molecule has 1 aliphatic heterocycles. The van der Waals surface area contributed by atoms with E-state index in [1.807, 2.05) is 25.7 Å². The number of hydrogen-bond acceptors (Lipinski definition) is 5. The number of nitrogens with zero attached hydrogens (tertiary/aromatic N) is 4. The van der Waals surface area contributed by atoms with Crippen molar-refractivity contribution in [1.82, 2.24) is 24.8 Å². The van der Waals surface area contributed by atoms with Crippen LogP contribution in [0.1, 0.15) is 44.0 Å². The van der Waals surface area contributed by atoms with E-state index in [1.165, 1.54) is 0 Å². The number of carbonyl (C=O) groups is 2. The van der Waals surface area contributed by atoms with Gasteiger partial charge < -0.3 is 15.0 Å². The molecule has 2 aromatic heterocycles. The van der Waals surface area contributed by atoms with E-state index in [0.717, 1.165) is 12.8 Å². The Labute approximate surface area is 152 Å². The largest absolute Gasteiger partial charge is 0.444 e. The summed E-state index contributed by atoms with van der Waals surface area (Å²) in [6, 6.07) is 3.57. The fraction of sp³-hybridized carbons (Fsp3) is 0.556. The topological polar surface area (TPSA) is 88.8 Å². The first-order valence-electron chi connectivity index (χ1n) is 8.87. The number of amides is 2. The fourth-order valence-electron chi connectivity index (χ4n) is 3.02. The maximum atomic E-state index is 12.7. The number of hydrogen-bond donors (Lipinski definition) is 1. The summed E-state index contributed by atoms with van der Waals surface area (Å²) in [4.78, 5) is 26.3. The molecule has 8 heteroatoms. The molecule has 1 saturated heterocycles. The van der Waals surface area contributed by atoms with Gasteiger partial charge in [0.15, 0.2) is 5.65 Å². The predicted molar refractivity (Wildman–Crippen MR) is 95.9 cm³/mol. The minimum Gasteiger partial charge on any atom is -0.444 e. The van der Waals surface area contributed by atoms with Crippen LogP contribution in [0.2, 0.25) is 0 Å². The number of pyridine rings is 1. The summed E-state index contributed by atoms with van der Waals surface area (Å²) in [7, 11) is 0. The zero-order valence-corrected chi connectivity index (χ0v) is 15.4. The summed E-state index contributed by atoms with van der Waals surface area (Å²) >= 11 is 0. The molecule has 0 aromatic carbocycles. The van der Waals surface area contributed by atoms with E-state index in [-0.39, 0.29) is 5.91 Å². The number of carbonyl (C=O) groups excluding carboxylic acids is 2. The van der Waals surface area contributed by atoms with Crippen LogP contribution in [-0.2, 0) is 4.74 Å². The van der Waals surface area contributed by atoms with Gasteiger partial charge in [0.2, 0.25) is 0 Å². The summed E-state index contributed by atoms with van der Waals surface area (Å²) in [6.07, 6.45) is 4.67. The van der Waals surface area contributed by atoms with Crippen molar-refractivity contribution in [2.45, 2.75) is 39.2 Å². The Kier molecular flexibility index (Phi) is 5.11. The van der Waals surface area contributed by atoms with Crippen LogP contribution in [0, 0.1) is 5.92 Å². The smallest absolute Gasteiger partial charge is 0.407 e. The van der Waals surface area contributed by atoms with Gasteiger partial charge in [-0.25, -0.2) is 4.79 Å². The molecule has 1 aliphatic rings. The van der Waals surface area contributed by atoms with Gasteiger partial charge in [0.05, 0.1) is 5.56 Å². The first-order valence-corrected chi connectivity index (χ1v) is 8.87. The van der Waals surface area contributed by atoms with E-state index >= 15 is 0 Å². The van der Waals surface area contributed by atoms with E-state index in [0.29, 0.717) is 36.8 Å². The Morgan fingerprint density at radius 3 is 2.69 bits per heavy atom. The zero-order valence-electron chi connectivity index (χ0n) is 15.4. The molecule has 0 spiro atoms. The number of nitrogens with one attached hydrogen (secondary N) is 1. The van der Waals surface area contributed by atoms with Gasteiger partial charge in [0.25, 0.3) is 5.91 Å². The lowest BCUT2D eigenvalue weighted by molar-refractivity contribution is 0.0500. The van der Waals surface area contributed by atoms with Crippen LogP contribution in [0.15, 0.2) is 24.7 Å². The van der Waals surface area contributed by atoms with E-state index in [4.69, 9.17) is 4.74 Å². The predicted octanol–water partition coefficient (Wildman–Crippen LogP) is 2.11. The van der Waals surface area contributed by atoms with Gasteiger partial charge in [-0.1, -0.05) is 0 Å². The molecule has 0 unspecified atom stereocenters. The maximum absolute atomic E-state index is 12.7. The lowest BCUT2D eigenvalue weighted by Crippen LogP contribution is -2.42. The van der Waals surface area contributed by atoms with E-state index in [1.54, 1.807) is 29.1 Å². The molecule has 8 nitrogen and oxygen atoms in total. The van der Waals surface area contributed by atoms with Crippen molar-refractivity contribution in [3.05, 3.63) is 30.2 Å². The Morgan fingerprint density at radius 2 is 2.00 bits per heavy atom. The van der Waals surface area contributed by atoms with Crippen molar-refractivity contribution in [2.24, 2.45) is 5.92 Å². The Bertz CT molecular complexity index is 787. The van der Waals surface area contributed by atoms with Gasteiger partial charge in [-0.05, 0) is 51.7 Å². The van der Waals surface area contributed by atoms with Gasteiger partial charge in [-0.2, -0.15) is 0 Å². The third-order valence-corrected chi connectivity index (χ3v) is 4.37. The van der Waals surface area contributed by atoms with Gasteiger partial charge in [0.1, 0.15) is 11.9 Å². The Balaban J connectivity index is 1.48. The number of likely N-dealkylation sites (tertiary alicyclic amines) is 1. The van der Waals surface area contributed by atoms with Crippen molar-refractivity contribution >= 4 is 17.6 Å². The van der Waals surface area contributed by atoms with Crippen molar-refractivity contribution in [1.29, 1.82) is 0 Å². The molecule has 0 saturated carbocycles. The molecule has 0 bridgehead atoms. The van der Waals surface area contributed by atoms with Crippen molar-refractivity contribution in [2.75, 3.05) is 19.6 Å². The molecule has 140 valence electrons. The number of ether oxygens (including phenoxy) is 1. The highest BCUT2D eigenvalue weighted by atomic mass is 16.6. The minimum atomic E-state index is -0.494. The number of rotatable bonds is 3. The van der Waals surface area contributed by atoms with Crippen LogP contribution in [0.4, 0.5) is 4.79 Å². The highest BCUT2D eigenvalue weighted by Crippen LogP contribution is 2.19. The first-order chi connectivity index (χ1) is 12.3. The summed E-state index contributed by atoms with van der Waals surface area (Å²) in [5, 5.41) is 10.6. The standard InChI is InChI=1S/C18H25N5O3/c1-18(2,3)26-17(25)19-10-13-6-8-22(9-7-13)16(24)14-4-5-15-21-20-12-23(15)11-14/h4-5,11-13H,6-10H2,1-3H3,(H,19,25). The third kappa shape index (κ3) is 4.50. The summed E-state index contributed by atoms with van der Waals surface area (Å²) in [5.41, 5.74) is 0.849. The second-order valence-corrected chi connectivity index (χ2v) is 7.63. The molecule has 1 N–H and O–H groups in total. The van der Waals surface area contributed by atoms with Crippen LogP contribution >= 0.6 is 0 Å². The molecule has 3 heterocycles. The van der Waals surface area contributed by atoms with Gasteiger partial charge in [-0.15, -0.1) is 10.2 Å². The number of piperidine rings is 1. The second kappa shape index (κ2) is 7.31. The van der Waals surface area contributed by atoms with E-state index < -0.39 is 11.7 Å². The Morgan fingerprint density at radius 1 is 1.27 bits per heavy atom. The molecular weight excluding hydrogens is 334 g/mol. The summed E-state index contributed by atoms with van der Waals surface area (Å²) < 4.78 is 6.99. The van der Waals surface area contributed by atoms with Crippen LogP contribution in [0.3, 0.4) is 0 Å². The van der Waals surface area contributed by atoms with Crippen molar-refractivity contribution < 1.29 is 14.3 Å². The number of alkyl carbamates (subject to hydrolysis) is 1. The molecule has 0 radical (unpaired) electrons. The molecule has 0 atom stereocenters. The normalized spacial score (nSPS) is 15.9. The van der Waals surface area contributed by atoms with Crippen molar-refractivity contribution in [3.8, 4) is 0 Å². The number of aromatic nitrogens is 3. The van der Waals surface area contributed by atoms with E-state index in [9.17, 15) is 9.59 Å². The monoisotopic (exact) mass is 359 g/mol. The molecule has 2 amide bonds. The Hall–Kier alpha value is -2.64. The quantitative estimate of drug-likeness (QED) is 0.907. The summed E-state index contributed by atoms with van der Waals surface area (Å²) in [6.45, 7) is 7.46. The lowest BCUT2D eigenvalue weighted by atomic mass is 9.96. The molecule has 1 fully saturated rings. The van der Waals surface area contributed by atoms with Crippen LogP contribution < -0.4 is 5.32 Å². The molecule has 26 heavy (non-hydrogen) atoms. The van der Waals surface area contributed by atoms with E-state index in [2.05, 4.69) is 15.5 Å². The van der Waals surface area contributed by atoms with Crippen molar-refractivity contribution in [3.63, 3.8) is 0 Å². The summed E-state index contributed by atoms with van der Waals surface area (Å²) in [5.74, 6) is 0.367. The SMILES string of the molecule is CC(C)(C)OC(=O)NCC1CCN(C(=O)c2ccc3nncn3c2)CC1. The highest BCUT2D eigenvalue weighted by Gasteiger charge is 2.25. The minimum absolute atomic E-state index is 0.0131. The highest BCUT2D eigenvalue weighted by molar-refractivity contribution is 5.94. The molecule has 2 aromatic rings. The average molecular weight is 359 g/mol. The maximum Gasteiger partial charge on any atom is 0.407 e. The number of fused-ring (bicyclic) bond motifs is 1. The van der Waals surface area contributed by atoms with Gasteiger partial charge in [-0.3, -0.25) is 9.20 Å².